The van der Waals surface area contributed by atoms with E-state index in [1.54, 1.807) is 14.2 Å². The first-order chi connectivity index (χ1) is 7.02. The molecule has 0 saturated heterocycles. The molecule has 0 unspecified atom stereocenters. The van der Waals surface area contributed by atoms with Gasteiger partial charge in [0.05, 0.1) is 17.7 Å². The second-order valence-electron chi connectivity index (χ2n) is 3.48. The van der Waals surface area contributed by atoms with Gasteiger partial charge in [-0.15, -0.1) is 11.3 Å². The maximum Gasteiger partial charge on any atom is 0.177 e. The third kappa shape index (κ3) is 2.07. The molecule has 1 heterocycles. The normalized spacial score (nSPS) is 10.5. The Morgan fingerprint density at radius 3 is 2.47 bits per heavy atom. The van der Waals surface area contributed by atoms with E-state index in [1.807, 2.05) is 13.8 Å². The highest BCUT2D eigenvalue weighted by Gasteiger charge is 2.22. The molecule has 0 spiro atoms. The SMILES string of the molecule is CNc1sc(C(=O)C(C)C)c(N)c1OC. The summed E-state index contributed by atoms with van der Waals surface area (Å²) in [5.74, 6) is 0.559. The number of ether oxygens (including phenoxy) is 1. The molecule has 0 fully saturated rings. The first-order valence-electron chi connectivity index (χ1n) is 4.71. The van der Waals surface area contributed by atoms with E-state index in [0.29, 0.717) is 16.3 Å². The van der Waals surface area contributed by atoms with Crippen molar-refractivity contribution in [3.63, 3.8) is 0 Å². The molecular weight excluding hydrogens is 212 g/mol. The van der Waals surface area contributed by atoms with Crippen LogP contribution in [0.4, 0.5) is 10.7 Å². The number of ketones is 1. The standard InChI is InChI=1S/C10H16N2O2S/c1-5(2)7(13)9-6(11)8(14-4)10(12-3)15-9/h5,12H,11H2,1-4H3. The Balaban J connectivity index is 3.21. The summed E-state index contributed by atoms with van der Waals surface area (Å²) in [6, 6.07) is 0. The van der Waals surface area contributed by atoms with Crippen LogP contribution in [0.15, 0.2) is 0 Å². The number of Topliss-reactive ketones (excluding diaryl/α,β-unsaturated/α-hetero) is 1. The van der Waals surface area contributed by atoms with E-state index >= 15 is 0 Å². The number of hydrogen-bond donors (Lipinski definition) is 2. The summed E-state index contributed by atoms with van der Waals surface area (Å²) in [6.07, 6.45) is 0. The Labute approximate surface area is 93.4 Å². The van der Waals surface area contributed by atoms with E-state index in [0.717, 1.165) is 5.00 Å². The van der Waals surface area contributed by atoms with E-state index < -0.39 is 0 Å². The number of methoxy groups -OCH3 is 1. The largest absolute Gasteiger partial charge is 0.492 e. The van der Waals surface area contributed by atoms with Crippen LogP contribution in [0.2, 0.25) is 0 Å². The Bertz CT molecular complexity index is 372. The van der Waals surface area contributed by atoms with Gasteiger partial charge < -0.3 is 15.8 Å². The van der Waals surface area contributed by atoms with E-state index in [9.17, 15) is 4.79 Å². The number of anilines is 2. The van der Waals surface area contributed by atoms with Gasteiger partial charge in [-0.3, -0.25) is 4.79 Å². The predicted octanol–water partition coefficient (Wildman–Crippen LogP) is 2.22. The van der Waals surface area contributed by atoms with Crippen LogP contribution in [0, 0.1) is 5.92 Å². The molecule has 0 aromatic carbocycles. The summed E-state index contributed by atoms with van der Waals surface area (Å²) in [6.45, 7) is 3.71. The molecule has 0 aliphatic heterocycles. The van der Waals surface area contributed by atoms with Crippen molar-refractivity contribution in [3.05, 3.63) is 4.88 Å². The van der Waals surface area contributed by atoms with Crippen LogP contribution in [0.5, 0.6) is 5.75 Å². The summed E-state index contributed by atoms with van der Waals surface area (Å²) >= 11 is 1.34. The predicted molar refractivity (Wildman–Crippen MR) is 64.0 cm³/mol. The molecule has 0 radical (unpaired) electrons. The molecule has 0 atom stereocenters. The quantitative estimate of drug-likeness (QED) is 0.776. The Kier molecular flexibility index (Phi) is 3.57. The van der Waals surface area contributed by atoms with Gasteiger partial charge in [0.1, 0.15) is 5.00 Å². The van der Waals surface area contributed by atoms with E-state index in [4.69, 9.17) is 10.5 Å². The zero-order chi connectivity index (χ0) is 11.6. The number of nitrogens with two attached hydrogens (primary N) is 1. The van der Waals surface area contributed by atoms with Crippen LogP contribution in [0.1, 0.15) is 23.5 Å². The molecule has 0 saturated carbocycles. The average molecular weight is 228 g/mol. The number of nitrogen functional groups attached to an aromatic ring is 1. The highest BCUT2D eigenvalue weighted by atomic mass is 32.1. The first kappa shape index (κ1) is 11.8. The van der Waals surface area contributed by atoms with Gasteiger partial charge in [-0.2, -0.15) is 0 Å². The fraction of sp³-hybridized carbons (Fsp3) is 0.500. The van der Waals surface area contributed by atoms with Crippen molar-refractivity contribution in [1.82, 2.24) is 0 Å². The highest BCUT2D eigenvalue weighted by molar-refractivity contribution is 7.19. The maximum absolute atomic E-state index is 11.8. The monoisotopic (exact) mass is 228 g/mol. The second kappa shape index (κ2) is 4.53. The molecule has 0 aliphatic carbocycles. The summed E-state index contributed by atoms with van der Waals surface area (Å²) in [7, 11) is 3.32. The van der Waals surface area contributed by atoms with Gasteiger partial charge in [-0.05, 0) is 0 Å². The van der Waals surface area contributed by atoms with Crippen molar-refractivity contribution in [2.75, 3.05) is 25.2 Å². The minimum atomic E-state index is -0.0552. The number of hydrogen-bond acceptors (Lipinski definition) is 5. The van der Waals surface area contributed by atoms with Gasteiger partial charge in [0.15, 0.2) is 11.5 Å². The van der Waals surface area contributed by atoms with Crippen molar-refractivity contribution >= 4 is 27.8 Å². The topological polar surface area (TPSA) is 64.4 Å². The number of carbonyl (C=O) groups excluding carboxylic acids is 1. The van der Waals surface area contributed by atoms with Crippen molar-refractivity contribution in [2.45, 2.75) is 13.8 Å². The van der Waals surface area contributed by atoms with Crippen LogP contribution >= 0.6 is 11.3 Å². The number of nitrogens with one attached hydrogen (secondary N) is 1. The van der Waals surface area contributed by atoms with Crippen LogP contribution in [-0.4, -0.2) is 19.9 Å². The average Bonchev–Trinajstić information content (AvgIpc) is 2.53. The van der Waals surface area contributed by atoms with Gasteiger partial charge in [-0.1, -0.05) is 13.8 Å². The molecule has 1 rings (SSSR count). The third-order valence-electron chi connectivity index (χ3n) is 2.08. The molecule has 5 heteroatoms. The lowest BCUT2D eigenvalue weighted by molar-refractivity contribution is 0.0944. The van der Waals surface area contributed by atoms with Crippen LogP contribution in [0.3, 0.4) is 0 Å². The molecule has 0 bridgehead atoms. The highest BCUT2D eigenvalue weighted by Crippen LogP contribution is 2.42. The fourth-order valence-corrected chi connectivity index (χ4v) is 2.37. The van der Waals surface area contributed by atoms with Gasteiger partial charge >= 0.3 is 0 Å². The Morgan fingerprint density at radius 2 is 2.13 bits per heavy atom. The molecule has 1 aromatic rings. The molecule has 15 heavy (non-hydrogen) atoms. The van der Waals surface area contributed by atoms with E-state index in [-0.39, 0.29) is 11.7 Å². The van der Waals surface area contributed by atoms with Crippen LogP contribution in [0.25, 0.3) is 0 Å². The Hall–Kier alpha value is -1.23. The fourth-order valence-electron chi connectivity index (χ4n) is 1.24. The van der Waals surface area contributed by atoms with Crippen LogP contribution in [-0.2, 0) is 0 Å². The minimum absolute atomic E-state index is 0.0531. The summed E-state index contributed by atoms with van der Waals surface area (Å²) in [4.78, 5) is 12.4. The zero-order valence-corrected chi connectivity index (χ0v) is 10.2. The third-order valence-corrected chi connectivity index (χ3v) is 3.30. The number of rotatable bonds is 4. The van der Waals surface area contributed by atoms with Crippen LogP contribution < -0.4 is 15.8 Å². The lowest BCUT2D eigenvalue weighted by Crippen LogP contribution is -2.07. The van der Waals surface area contributed by atoms with E-state index in [2.05, 4.69) is 5.32 Å². The second-order valence-corrected chi connectivity index (χ2v) is 4.50. The van der Waals surface area contributed by atoms with Gasteiger partial charge in [0.25, 0.3) is 0 Å². The molecule has 84 valence electrons. The van der Waals surface area contributed by atoms with Crippen molar-refractivity contribution < 1.29 is 9.53 Å². The summed E-state index contributed by atoms with van der Waals surface area (Å²) < 4.78 is 5.15. The smallest absolute Gasteiger partial charge is 0.177 e. The summed E-state index contributed by atoms with van der Waals surface area (Å²) in [5, 5.41) is 3.75. The van der Waals surface area contributed by atoms with Gasteiger partial charge in [0.2, 0.25) is 0 Å². The van der Waals surface area contributed by atoms with Crippen molar-refractivity contribution in [3.8, 4) is 5.75 Å². The molecule has 0 aliphatic rings. The van der Waals surface area contributed by atoms with Gasteiger partial charge in [0, 0.05) is 13.0 Å². The number of carbonyl (C=O) groups is 1. The van der Waals surface area contributed by atoms with E-state index in [1.165, 1.54) is 11.3 Å². The Morgan fingerprint density at radius 1 is 1.53 bits per heavy atom. The lowest BCUT2D eigenvalue weighted by atomic mass is 10.1. The van der Waals surface area contributed by atoms with Crippen molar-refractivity contribution in [1.29, 1.82) is 0 Å². The molecular formula is C10H16N2O2S. The minimum Gasteiger partial charge on any atom is -0.492 e. The molecule has 0 amide bonds. The molecule has 4 nitrogen and oxygen atoms in total. The molecule has 3 N–H and O–H groups in total. The molecule has 1 aromatic heterocycles. The van der Waals surface area contributed by atoms with Crippen molar-refractivity contribution in [2.24, 2.45) is 5.92 Å². The lowest BCUT2D eigenvalue weighted by Gasteiger charge is -2.03. The number of thiophene rings is 1. The zero-order valence-electron chi connectivity index (χ0n) is 9.38. The van der Waals surface area contributed by atoms with Gasteiger partial charge in [-0.25, -0.2) is 0 Å². The summed E-state index contributed by atoms with van der Waals surface area (Å²) in [5.41, 5.74) is 6.29. The first-order valence-corrected chi connectivity index (χ1v) is 5.52. The maximum atomic E-state index is 11.8.